The topological polar surface area (TPSA) is 84.2 Å². The fourth-order valence-corrected chi connectivity index (χ4v) is 2.52. The molecule has 3 rings (SSSR count). The van der Waals surface area contributed by atoms with Gasteiger partial charge in [0.25, 0.3) is 0 Å². The summed E-state index contributed by atoms with van der Waals surface area (Å²) in [5.41, 5.74) is 0.666. The zero-order chi connectivity index (χ0) is 15.4. The summed E-state index contributed by atoms with van der Waals surface area (Å²) >= 11 is 0. The lowest BCUT2D eigenvalue weighted by molar-refractivity contribution is -0.134. The Bertz CT molecular complexity index is 638. The second-order valence-electron chi connectivity index (χ2n) is 5.37. The van der Waals surface area contributed by atoms with E-state index in [9.17, 15) is 4.79 Å². The average Bonchev–Trinajstić information content (AvgIpc) is 3.03. The molecule has 1 aliphatic heterocycles. The Labute approximate surface area is 153 Å². The van der Waals surface area contributed by atoms with E-state index in [0.29, 0.717) is 30.3 Å². The molecule has 2 aromatic rings. The van der Waals surface area contributed by atoms with Crippen LogP contribution in [-0.2, 0) is 11.2 Å². The van der Waals surface area contributed by atoms with E-state index in [2.05, 4.69) is 27.4 Å². The maximum absolute atomic E-state index is 12.3. The van der Waals surface area contributed by atoms with Gasteiger partial charge >= 0.3 is 0 Å². The third kappa shape index (κ3) is 4.90. The fourth-order valence-electron chi connectivity index (χ4n) is 2.52. The summed E-state index contributed by atoms with van der Waals surface area (Å²) in [5, 5.41) is 7.18. The van der Waals surface area contributed by atoms with Crippen LogP contribution in [0.4, 0.5) is 0 Å². The van der Waals surface area contributed by atoms with Crippen molar-refractivity contribution in [2.45, 2.75) is 25.8 Å². The van der Waals surface area contributed by atoms with E-state index in [1.807, 2.05) is 23.1 Å². The average molecular weight is 374 g/mol. The van der Waals surface area contributed by atoms with E-state index in [-0.39, 0.29) is 36.8 Å². The molecule has 2 aromatic heterocycles. The zero-order valence-corrected chi connectivity index (χ0v) is 15.0. The predicted molar refractivity (Wildman–Crippen MR) is 94.4 cm³/mol. The van der Waals surface area contributed by atoms with Crippen LogP contribution < -0.4 is 5.32 Å². The molecule has 24 heavy (non-hydrogen) atoms. The first kappa shape index (κ1) is 20.3. The van der Waals surface area contributed by atoms with Crippen molar-refractivity contribution < 1.29 is 9.32 Å². The van der Waals surface area contributed by atoms with Gasteiger partial charge in [0.2, 0.25) is 17.6 Å². The van der Waals surface area contributed by atoms with E-state index in [1.165, 1.54) is 0 Å². The van der Waals surface area contributed by atoms with Gasteiger partial charge in [-0.3, -0.25) is 9.78 Å². The number of carbonyl (C=O) groups is 1. The van der Waals surface area contributed by atoms with Crippen LogP contribution in [0.3, 0.4) is 0 Å². The number of hydrogen-bond acceptors (Lipinski definition) is 6. The van der Waals surface area contributed by atoms with Gasteiger partial charge in [-0.2, -0.15) is 4.98 Å². The van der Waals surface area contributed by atoms with E-state index in [1.54, 1.807) is 6.20 Å². The number of aromatic nitrogens is 3. The van der Waals surface area contributed by atoms with Crippen molar-refractivity contribution in [3.63, 3.8) is 0 Å². The number of halogens is 2. The summed E-state index contributed by atoms with van der Waals surface area (Å²) in [5.74, 6) is 1.06. The van der Waals surface area contributed by atoms with Gasteiger partial charge in [-0.25, -0.2) is 0 Å². The highest BCUT2D eigenvalue weighted by molar-refractivity contribution is 5.85. The Kier molecular flexibility index (Phi) is 8.10. The van der Waals surface area contributed by atoms with Crippen LogP contribution >= 0.6 is 24.8 Å². The van der Waals surface area contributed by atoms with Crippen molar-refractivity contribution in [2.24, 2.45) is 0 Å². The minimum absolute atomic E-state index is 0. The van der Waals surface area contributed by atoms with Crippen LogP contribution in [0.25, 0.3) is 11.5 Å². The molecular weight excluding hydrogens is 353 g/mol. The van der Waals surface area contributed by atoms with Crippen LogP contribution in [0.2, 0.25) is 0 Å². The monoisotopic (exact) mass is 373 g/mol. The Hall–Kier alpha value is -1.70. The Morgan fingerprint density at radius 1 is 1.42 bits per heavy atom. The lowest BCUT2D eigenvalue weighted by Crippen LogP contribution is -2.52. The van der Waals surface area contributed by atoms with Crippen LogP contribution in [-0.4, -0.2) is 51.6 Å². The van der Waals surface area contributed by atoms with E-state index in [0.717, 1.165) is 19.6 Å². The lowest BCUT2D eigenvalue weighted by atomic mass is 10.2. The molecule has 0 saturated carbocycles. The molecule has 1 fully saturated rings. The van der Waals surface area contributed by atoms with E-state index < -0.39 is 0 Å². The second kappa shape index (κ2) is 9.56. The van der Waals surface area contributed by atoms with Crippen molar-refractivity contribution >= 4 is 30.7 Å². The van der Waals surface area contributed by atoms with Gasteiger partial charge in [-0.1, -0.05) is 11.2 Å². The predicted octanol–water partition coefficient (Wildman–Crippen LogP) is 1.73. The minimum Gasteiger partial charge on any atom is -0.339 e. The maximum Gasteiger partial charge on any atom is 0.227 e. The summed E-state index contributed by atoms with van der Waals surface area (Å²) in [6.45, 7) is 4.50. The number of rotatable bonds is 4. The Balaban J connectivity index is 0.00000144. The number of pyridine rings is 1. The summed E-state index contributed by atoms with van der Waals surface area (Å²) in [4.78, 5) is 22.6. The summed E-state index contributed by atoms with van der Waals surface area (Å²) in [6.07, 6.45) is 2.52. The molecule has 9 heteroatoms. The number of nitrogens with one attached hydrogen (secondary N) is 1. The number of piperazine rings is 1. The normalized spacial score (nSPS) is 16.9. The van der Waals surface area contributed by atoms with Gasteiger partial charge in [0.15, 0.2) is 0 Å². The first-order chi connectivity index (χ1) is 10.7. The standard InChI is InChI=1S/C15H19N5O2.2ClH/c1-11-10-16-8-9-20(11)14(21)6-5-13-18-15(19-22-13)12-4-2-3-7-17-12;;/h2-4,7,11,16H,5-6,8-10H2,1H3;2*1H. The second-order valence-corrected chi connectivity index (χ2v) is 5.37. The number of amides is 1. The van der Waals surface area contributed by atoms with Gasteiger partial charge in [-0.15, -0.1) is 24.8 Å². The van der Waals surface area contributed by atoms with Crippen molar-refractivity contribution in [1.29, 1.82) is 0 Å². The molecule has 0 radical (unpaired) electrons. The van der Waals surface area contributed by atoms with E-state index in [4.69, 9.17) is 4.52 Å². The highest BCUT2D eigenvalue weighted by Gasteiger charge is 2.23. The molecule has 0 bridgehead atoms. The molecule has 1 aliphatic rings. The molecule has 0 aromatic carbocycles. The quantitative estimate of drug-likeness (QED) is 0.878. The maximum atomic E-state index is 12.3. The minimum atomic E-state index is 0. The smallest absolute Gasteiger partial charge is 0.227 e. The summed E-state index contributed by atoms with van der Waals surface area (Å²) in [6, 6.07) is 5.75. The molecule has 0 aliphatic carbocycles. The third-order valence-corrected chi connectivity index (χ3v) is 3.74. The van der Waals surface area contributed by atoms with E-state index >= 15 is 0 Å². The molecule has 7 nitrogen and oxygen atoms in total. The number of nitrogens with zero attached hydrogens (tertiary/aromatic N) is 4. The fraction of sp³-hybridized carbons (Fsp3) is 0.467. The summed E-state index contributed by atoms with van der Waals surface area (Å²) in [7, 11) is 0. The van der Waals surface area contributed by atoms with Gasteiger partial charge in [-0.05, 0) is 19.1 Å². The van der Waals surface area contributed by atoms with Gasteiger partial charge in [0.1, 0.15) is 5.69 Å². The highest BCUT2D eigenvalue weighted by Crippen LogP contribution is 2.13. The highest BCUT2D eigenvalue weighted by atomic mass is 35.5. The third-order valence-electron chi connectivity index (χ3n) is 3.74. The van der Waals surface area contributed by atoms with Crippen molar-refractivity contribution in [1.82, 2.24) is 25.3 Å². The van der Waals surface area contributed by atoms with Gasteiger partial charge in [0, 0.05) is 44.7 Å². The molecule has 132 valence electrons. The number of hydrogen-bond donors (Lipinski definition) is 1. The number of aryl methyl sites for hydroxylation is 1. The largest absolute Gasteiger partial charge is 0.339 e. The molecule has 1 saturated heterocycles. The Morgan fingerprint density at radius 3 is 2.96 bits per heavy atom. The van der Waals surface area contributed by atoms with Crippen molar-refractivity contribution in [3.8, 4) is 11.5 Å². The molecule has 1 unspecified atom stereocenters. The molecule has 1 N–H and O–H groups in total. The molecule has 1 amide bonds. The van der Waals surface area contributed by atoms with Crippen LogP contribution in [0.1, 0.15) is 19.2 Å². The van der Waals surface area contributed by atoms with Crippen LogP contribution in [0.5, 0.6) is 0 Å². The lowest BCUT2D eigenvalue weighted by Gasteiger charge is -2.34. The molecule has 1 atom stereocenters. The van der Waals surface area contributed by atoms with Gasteiger partial charge < -0.3 is 14.7 Å². The van der Waals surface area contributed by atoms with Crippen molar-refractivity contribution in [2.75, 3.05) is 19.6 Å². The molecule has 3 heterocycles. The van der Waals surface area contributed by atoms with Crippen LogP contribution in [0.15, 0.2) is 28.9 Å². The SMILES string of the molecule is CC1CNCCN1C(=O)CCc1nc(-c2ccccn2)no1.Cl.Cl. The van der Waals surface area contributed by atoms with Crippen LogP contribution in [0, 0.1) is 0 Å². The number of carbonyl (C=O) groups excluding carboxylic acids is 1. The first-order valence-electron chi connectivity index (χ1n) is 7.48. The summed E-state index contributed by atoms with van der Waals surface area (Å²) < 4.78 is 5.20. The van der Waals surface area contributed by atoms with Crippen molar-refractivity contribution in [3.05, 3.63) is 30.3 Å². The van der Waals surface area contributed by atoms with Gasteiger partial charge in [0.05, 0.1) is 0 Å². The molecular formula is C15H21Cl2N5O2. The first-order valence-corrected chi connectivity index (χ1v) is 7.48. The zero-order valence-electron chi connectivity index (χ0n) is 13.3. The molecule has 0 spiro atoms. The Morgan fingerprint density at radius 2 is 2.25 bits per heavy atom.